The highest BCUT2D eigenvalue weighted by Gasteiger charge is 2.25. The summed E-state index contributed by atoms with van der Waals surface area (Å²) < 4.78 is 26.5. The third-order valence-electron chi connectivity index (χ3n) is 5.06. The lowest BCUT2D eigenvalue weighted by Gasteiger charge is -2.24. The fourth-order valence-corrected chi connectivity index (χ4v) is 3.31. The lowest BCUT2D eigenvalue weighted by atomic mass is 9.99. The van der Waals surface area contributed by atoms with Crippen LogP contribution in [0.1, 0.15) is 17.5 Å². The van der Waals surface area contributed by atoms with E-state index in [1.54, 1.807) is 52.7 Å². The maximum atomic E-state index is 10.6. The van der Waals surface area contributed by atoms with Crippen molar-refractivity contribution in [3.05, 3.63) is 53.6 Å². The summed E-state index contributed by atoms with van der Waals surface area (Å²) in [5, 5.41) is 21.2. The molecule has 31 heavy (non-hydrogen) atoms. The average molecular weight is 433 g/mol. The second-order valence-electron chi connectivity index (χ2n) is 6.96. The van der Waals surface area contributed by atoms with Gasteiger partial charge in [0, 0.05) is 7.11 Å². The number of methoxy groups -OCH3 is 5. The Kier molecular flexibility index (Phi) is 9.65. The summed E-state index contributed by atoms with van der Waals surface area (Å²) in [6.45, 7) is 0. The van der Waals surface area contributed by atoms with Crippen molar-refractivity contribution < 1.29 is 33.9 Å². The van der Waals surface area contributed by atoms with E-state index in [9.17, 15) is 10.2 Å². The molecule has 0 aromatic heterocycles. The van der Waals surface area contributed by atoms with Gasteiger partial charge in [-0.3, -0.25) is 0 Å². The van der Waals surface area contributed by atoms with Crippen LogP contribution in [0.25, 0.3) is 6.08 Å². The first kappa shape index (κ1) is 24.5. The highest BCUT2D eigenvalue weighted by Crippen LogP contribution is 2.29. The minimum atomic E-state index is -0.987. The van der Waals surface area contributed by atoms with Crippen molar-refractivity contribution in [3.63, 3.8) is 0 Å². The van der Waals surface area contributed by atoms with Crippen molar-refractivity contribution >= 4 is 6.08 Å². The lowest BCUT2D eigenvalue weighted by molar-refractivity contribution is -0.0674. The first-order valence-electron chi connectivity index (χ1n) is 9.97. The van der Waals surface area contributed by atoms with Gasteiger partial charge in [-0.05, 0) is 48.2 Å². The maximum Gasteiger partial charge on any atom is 0.161 e. The van der Waals surface area contributed by atoms with Crippen LogP contribution in [0.15, 0.2) is 42.5 Å². The van der Waals surface area contributed by atoms with E-state index in [-0.39, 0.29) is 0 Å². The van der Waals surface area contributed by atoms with E-state index in [1.807, 2.05) is 24.3 Å². The van der Waals surface area contributed by atoms with Gasteiger partial charge in [-0.15, -0.1) is 0 Å². The molecule has 2 aromatic carbocycles. The zero-order valence-electron chi connectivity index (χ0n) is 18.7. The molecule has 0 amide bonds. The number of aliphatic hydroxyl groups is 2. The third kappa shape index (κ3) is 6.62. The van der Waals surface area contributed by atoms with Crippen LogP contribution < -0.4 is 18.9 Å². The van der Waals surface area contributed by atoms with Gasteiger partial charge in [0.15, 0.2) is 23.0 Å². The molecule has 0 aliphatic rings. The Labute approximate surface area is 183 Å². The Balaban J connectivity index is 2.01. The van der Waals surface area contributed by atoms with E-state index in [2.05, 4.69) is 0 Å². The molecule has 7 heteroatoms. The van der Waals surface area contributed by atoms with Gasteiger partial charge in [-0.1, -0.05) is 24.3 Å². The minimum Gasteiger partial charge on any atom is -0.493 e. The molecule has 2 aromatic rings. The van der Waals surface area contributed by atoms with Crippen LogP contribution in [0.5, 0.6) is 23.0 Å². The predicted molar refractivity (Wildman–Crippen MR) is 119 cm³/mol. The second-order valence-corrected chi connectivity index (χ2v) is 6.96. The smallest absolute Gasteiger partial charge is 0.161 e. The molecule has 0 saturated carbocycles. The monoisotopic (exact) mass is 432 g/mol. The van der Waals surface area contributed by atoms with E-state index in [0.29, 0.717) is 35.8 Å². The van der Waals surface area contributed by atoms with Gasteiger partial charge in [-0.2, -0.15) is 0 Å². The van der Waals surface area contributed by atoms with Crippen molar-refractivity contribution in [2.24, 2.45) is 0 Å². The molecule has 0 radical (unpaired) electrons. The van der Waals surface area contributed by atoms with Gasteiger partial charge in [0.2, 0.25) is 0 Å². The first-order chi connectivity index (χ1) is 15.0. The molecule has 0 aliphatic carbocycles. The van der Waals surface area contributed by atoms with Crippen molar-refractivity contribution in [2.45, 2.75) is 31.2 Å². The molecule has 0 bridgehead atoms. The number of aliphatic hydroxyl groups excluding tert-OH is 2. The summed E-state index contributed by atoms with van der Waals surface area (Å²) in [7, 11) is 7.78. The molecule has 7 nitrogen and oxygen atoms in total. The quantitative estimate of drug-likeness (QED) is 0.533. The molecular formula is C24H32O7. The molecule has 0 aliphatic heterocycles. The average Bonchev–Trinajstić information content (AvgIpc) is 2.81. The Hall–Kier alpha value is -2.74. The fourth-order valence-electron chi connectivity index (χ4n) is 3.31. The third-order valence-corrected chi connectivity index (χ3v) is 5.06. The summed E-state index contributed by atoms with van der Waals surface area (Å²) in [6.07, 6.45) is 1.73. The standard InChI is InChI=1S/C24H32O7/c1-27-20-12-8-16(14-22(20)29-3)6-10-18(25)24(31-5)19(26)11-7-17-9-13-21(28-2)23(15-17)30-4/h6,8-10,12-15,18-19,24-26H,7,11H2,1-5H3/b10-6+. The highest BCUT2D eigenvalue weighted by atomic mass is 16.5. The largest absolute Gasteiger partial charge is 0.493 e. The van der Waals surface area contributed by atoms with Crippen LogP contribution in [0.2, 0.25) is 0 Å². The molecule has 0 heterocycles. The Morgan fingerprint density at radius 2 is 1.35 bits per heavy atom. The van der Waals surface area contributed by atoms with Crippen molar-refractivity contribution in [1.82, 2.24) is 0 Å². The number of hydrogen-bond acceptors (Lipinski definition) is 7. The van der Waals surface area contributed by atoms with Gasteiger partial charge in [0.05, 0.1) is 34.5 Å². The van der Waals surface area contributed by atoms with E-state index in [0.717, 1.165) is 11.1 Å². The summed E-state index contributed by atoms with van der Waals surface area (Å²) >= 11 is 0. The molecular weight excluding hydrogens is 400 g/mol. The number of hydrogen-bond donors (Lipinski definition) is 2. The van der Waals surface area contributed by atoms with Crippen LogP contribution in [0.3, 0.4) is 0 Å². The van der Waals surface area contributed by atoms with Gasteiger partial charge in [0.25, 0.3) is 0 Å². The van der Waals surface area contributed by atoms with Crippen LogP contribution in [-0.2, 0) is 11.2 Å². The highest BCUT2D eigenvalue weighted by molar-refractivity contribution is 5.56. The predicted octanol–water partition coefficient (Wildman–Crippen LogP) is 3.10. The van der Waals surface area contributed by atoms with Crippen LogP contribution >= 0.6 is 0 Å². The zero-order valence-corrected chi connectivity index (χ0v) is 18.7. The van der Waals surface area contributed by atoms with Crippen LogP contribution in [0.4, 0.5) is 0 Å². The summed E-state index contributed by atoms with van der Waals surface area (Å²) in [5.41, 5.74) is 1.81. The zero-order chi connectivity index (χ0) is 22.8. The lowest BCUT2D eigenvalue weighted by Crippen LogP contribution is -2.38. The van der Waals surface area contributed by atoms with E-state index in [4.69, 9.17) is 23.7 Å². The molecule has 3 unspecified atom stereocenters. The maximum absolute atomic E-state index is 10.6. The van der Waals surface area contributed by atoms with E-state index < -0.39 is 18.3 Å². The summed E-state index contributed by atoms with van der Waals surface area (Å²) in [5.74, 6) is 2.51. The molecule has 170 valence electrons. The van der Waals surface area contributed by atoms with Crippen molar-refractivity contribution in [3.8, 4) is 23.0 Å². The van der Waals surface area contributed by atoms with Gasteiger partial charge in [-0.25, -0.2) is 0 Å². The number of ether oxygens (including phenoxy) is 5. The summed E-state index contributed by atoms with van der Waals surface area (Å²) in [4.78, 5) is 0. The number of benzene rings is 2. The number of aryl methyl sites for hydroxylation is 1. The molecule has 2 rings (SSSR count). The molecule has 0 saturated heterocycles. The van der Waals surface area contributed by atoms with Gasteiger partial charge in [0.1, 0.15) is 12.2 Å². The van der Waals surface area contributed by atoms with Crippen molar-refractivity contribution in [1.29, 1.82) is 0 Å². The van der Waals surface area contributed by atoms with E-state index >= 15 is 0 Å². The number of rotatable bonds is 12. The molecule has 2 N–H and O–H groups in total. The van der Waals surface area contributed by atoms with Crippen LogP contribution in [0, 0.1) is 0 Å². The second kappa shape index (κ2) is 12.2. The molecule has 3 atom stereocenters. The molecule has 0 spiro atoms. The first-order valence-corrected chi connectivity index (χ1v) is 9.97. The normalized spacial score (nSPS) is 14.2. The Morgan fingerprint density at radius 1 is 0.774 bits per heavy atom. The minimum absolute atomic E-state index is 0.412. The SMILES string of the molecule is COc1ccc(/C=C/C(O)C(OC)C(O)CCc2ccc(OC)c(OC)c2)cc1OC. The van der Waals surface area contributed by atoms with Crippen LogP contribution in [-0.4, -0.2) is 64.1 Å². The summed E-state index contributed by atoms with van der Waals surface area (Å²) in [6, 6.07) is 11.1. The molecule has 0 fully saturated rings. The Morgan fingerprint density at radius 3 is 1.94 bits per heavy atom. The fraction of sp³-hybridized carbons (Fsp3) is 0.417. The topological polar surface area (TPSA) is 86.6 Å². The Bertz CT molecular complexity index is 850. The van der Waals surface area contributed by atoms with Gasteiger partial charge >= 0.3 is 0 Å². The van der Waals surface area contributed by atoms with E-state index in [1.165, 1.54) is 7.11 Å². The van der Waals surface area contributed by atoms with Gasteiger partial charge < -0.3 is 33.9 Å². The van der Waals surface area contributed by atoms with Crippen molar-refractivity contribution in [2.75, 3.05) is 35.5 Å².